The average molecular weight is 610 g/mol. The molecule has 10 heteroatoms. The Morgan fingerprint density at radius 3 is 2.45 bits per heavy atom. The average Bonchev–Trinajstić information content (AvgIpc) is 2.96. The van der Waals surface area contributed by atoms with Crippen molar-refractivity contribution in [3.63, 3.8) is 0 Å². The number of carbonyl (C=O) groups is 2. The molecule has 0 aromatic rings. The van der Waals surface area contributed by atoms with Crippen LogP contribution in [0.4, 0.5) is 0 Å². The van der Waals surface area contributed by atoms with Gasteiger partial charge in [-0.15, -0.1) is 6.61 Å². The van der Waals surface area contributed by atoms with E-state index in [4.69, 9.17) is 31.5 Å². The normalized spacial score (nSPS) is 22.9. The molecule has 1 amide bonds. The zero-order valence-electron chi connectivity index (χ0n) is 19.3. The first-order valence-electron chi connectivity index (χ1n) is 10.8. The molecule has 1 rings (SSSR count). The molecule has 0 bridgehead atoms. The molecule has 178 valence electrons. The summed E-state index contributed by atoms with van der Waals surface area (Å²) < 4.78 is 28.1. The van der Waals surface area contributed by atoms with Gasteiger partial charge in [0.25, 0.3) is 5.97 Å². The van der Waals surface area contributed by atoms with Crippen molar-refractivity contribution < 1.29 is 54.3 Å². The van der Waals surface area contributed by atoms with Crippen molar-refractivity contribution in [2.45, 2.75) is 96.8 Å². The molecule has 1 unspecified atom stereocenters. The second-order valence-electron chi connectivity index (χ2n) is 7.86. The van der Waals surface area contributed by atoms with Gasteiger partial charge in [-0.2, -0.15) is 0 Å². The number of esters is 1. The van der Waals surface area contributed by atoms with E-state index in [9.17, 15) is 9.59 Å². The predicted octanol–water partition coefficient (Wildman–Crippen LogP) is 1.88. The van der Waals surface area contributed by atoms with Gasteiger partial charge in [0.2, 0.25) is 0 Å². The van der Waals surface area contributed by atoms with Gasteiger partial charge in [-0.3, -0.25) is 4.79 Å². The van der Waals surface area contributed by atoms with E-state index in [0.717, 1.165) is 25.9 Å². The number of hydrogen-bond donors (Lipinski definition) is 1. The number of unbranched alkanes of at least 4 members (excludes halogenated alkanes) is 2. The van der Waals surface area contributed by atoms with Crippen LogP contribution in [0.1, 0.15) is 60.3 Å². The Morgan fingerprint density at radius 2 is 1.84 bits per heavy atom. The maximum absolute atomic E-state index is 11.8. The minimum atomic E-state index is -0.652. The van der Waals surface area contributed by atoms with Gasteiger partial charge in [-0.25, -0.2) is 0 Å². The Hall–Kier alpha value is -0.597. The van der Waals surface area contributed by atoms with Crippen LogP contribution in [0.15, 0.2) is 0 Å². The number of amides is 1. The number of ether oxygens (including phenoxy) is 5. The van der Waals surface area contributed by atoms with Gasteiger partial charge >= 0.3 is 0 Å². The summed E-state index contributed by atoms with van der Waals surface area (Å²) in [5.74, 6) is -0.903. The van der Waals surface area contributed by atoms with Crippen molar-refractivity contribution >= 4 is 19.7 Å². The van der Waals surface area contributed by atoms with Gasteiger partial charge in [-0.1, -0.05) is 19.8 Å². The topological polar surface area (TPSA) is 92.3 Å². The Morgan fingerprint density at radius 1 is 1.13 bits per heavy atom. The van der Waals surface area contributed by atoms with Crippen molar-refractivity contribution in [3.05, 3.63) is 6.61 Å². The van der Waals surface area contributed by atoms with Crippen LogP contribution >= 0.6 is 0 Å². The van der Waals surface area contributed by atoms with Crippen molar-refractivity contribution in [3.8, 4) is 0 Å². The zero-order valence-corrected chi connectivity index (χ0v) is 22.3. The second-order valence-corrected chi connectivity index (χ2v) is 7.86. The van der Waals surface area contributed by atoms with Crippen LogP contribution in [-0.4, -0.2) is 76.0 Å². The van der Waals surface area contributed by atoms with Gasteiger partial charge in [-0.05, 0) is 34.1 Å². The van der Waals surface area contributed by atoms with Crippen molar-refractivity contribution in [1.82, 2.24) is 5.32 Å². The molecule has 0 saturated carbocycles. The first kappa shape index (κ1) is 30.4. The van der Waals surface area contributed by atoms with Crippen molar-refractivity contribution in [2.24, 2.45) is 0 Å². The third-order valence-corrected chi connectivity index (χ3v) is 4.36. The quantitative estimate of drug-likeness (QED) is 0.131. The summed E-state index contributed by atoms with van der Waals surface area (Å²) in [5.41, 5.74) is 0. The zero-order chi connectivity index (χ0) is 22.5. The molecule has 31 heavy (non-hydrogen) atoms. The molecule has 0 spiro atoms. The van der Waals surface area contributed by atoms with E-state index in [0.29, 0.717) is 13.0 Å². The van der Waals surface area contributed by atoms with Gasteiger partial charge in [0.05, 0.1) is 25.4 Å². The molecule has 8 nitrogen and oxygen atoms in total. The summed E-state index contributed by atoms with van der Waals surface area (Å²) in [6, 6.07) is -0.652. The van der Waals surface area contributed by atoms with E-state index in [1.165, 1.54) is 0 Å². The van der Waals surface area contributed by atoms with Gasteiger partial charge in [0, 0.05) is 40.0 Å². The van der Waals surface area contributed by atoms with E-state index in [2.05, 4.69) is 5.32 Å². The predicted molar refractivity (Wildman–Crippen MR) is 113 cm³/mol. The maximum Gasteiger partial charge on any atom is 0.278 e. The monoisotopic (exact) mass is 610 g/mol. The molecule has 1 aliphatic heterocycles. The first-order valence-corrected chi connectivity index (χ1v) is 10.8. The van der Waals surface area contributed by atoms with Crippen LogP contribution in [0.5, 0.6) is 0 Å². The van der Waals surface area contributed by atoms with E-state index >= 15 is 0 Å². The Kier molecular flexibility index (Phi) is 16.6. The Labute approximate surface area is 202 Å². The van der Waals surface area contributed by atoms with E-state index in [-0.39, 0.29) is 58.6 Å². The maximum atomic E-state index is 11.8. The summed E-state index contributed by atoms with van der Waals surface area (Å²) in [5, 5.41) is 2.61. The van der Waals surface area contributed by atoms with Gasteiger partial charge in [0.1, 0.15) is 32.1 Å². The van der Waals surface area contributed by atoms with E-state index < -0.39 is 24.0 Å². The van der Waals surface area contributed by atoms with Crippen LogP contribution in [0.25, 0.3) is 0 Å². The SMILES string of the molecule is [B][C@@H]1O[C@H](COC(C)C)C(OC(C)C)[C@@H]1OCCNC(=O)[CH-]OC(=O)CCCCC.[W]. The standard InChI is InChI=1S/C21H37BNO7.W/c1-6-7-8-9-18(25)28-13-17(24)23-10-11-26-20-19(29-15(4)5)16(30-21(20)22)12-27-14(2)3;/h13-16,19-21H,6-12H2,1-5H3,(H,23,24);/q-1;/t16-,19?,20+,21-;/m1./s1. The molecule has 0 aromatic heterocycles. The third kappa shape index (κ3) is 12.9. The third-order valence-electron chi connectivity index (χ3n) is 4.36. The Bertz CT molecular complexity index is 510. The number of nitrogens with one attached hydrogen (secondary N) is 1. The summed E-state index contributed by atoms with van der Waals surface area (Å²) in [6.07, 6.45) is 1.89. The molecule has 1 saturated heterocycles. The van der Waals surface area contributed by atoms with Crippen LogP contribution < -0.4 is 5.32 Å². The van der Waals surface area contributed by atoms with Gasteiger partial charge in [0.15, 0.2) is 0 Å². The van der Waals surface area contributed by atoms with Crippen molar-refractivity contribution in [2.75, 3.05) is 19.8 Å². The van der Waals surface area contributed by atoms with E-state index in [1.807, 2.05) is 34.6 Å². The largest absolute Gasteiger partial charge is 0.609 e. The molecule has 2 radical (unpaired) electrons. The fraction of sp³-hybridized carbons (Fsp3) is 0.857. The molecule has 1 fully saturated rings. The summed E-state index contributed by atoms with van der Waals surface area (Å²) >= 11 is 0. The van der Waals surface area contributed by atoms with Crippen molar-refractivity contribution in [1.29, 1.82) is 0 Å². The minimum absolute atomic E-state index is 0. The van der Waals surface area contributed by atoms with Gasteiger partial charge < -0.3 is 33.8 Å². The molecule has 1 heterocycles. The fourth-order valence-electron chi connectivity index (χ4n) is 2.95. The number of carbonyl (C=O) groups excluding carboxylic acids is 2. The summed E-state index contributed by atoms with van der Waals surface area (Å²) in [6.45, 7) is 11.5. The van der Waals surface area contributed by atoms with E-state index in [1.54, 1.807) is 0 Å². The van der Waals surface area contributed by atoms with Crippen LogP contribution in [0.3, 0.4) is 0 Å². The molecule has 4 atom stereocenters. The smallest absolute Gasteiger partial charge is 0.278 e. The summed E-state index contributed by atoms with van der Waals surface area (Å²) in [7, 11) is 6.08. The first-order chi connectivity index (χ1) is 14.2. The summed E-state index contributed by atoms with van der Waals surface area (Å²) in [4.78, 5) is 23.3. The van der Waals surface area contributed by atoms with Crippen LogP contribution in [0.2, 0.25) is 0 Å². The van der Waals surface area contributed by atoms with Crippen LogP contribution in [0, 0.1) is 6.61 Å². The molecular formula is C21H37BNO7W-. The molecule has 0 aliphatic carbocycles. The van der Waals surface area contributed by atoms with Crippen LogP contribution in [-0.2, 0) is 54.3 Å². The molecule has 1 aliphatic rings. The fourth-order valence-corrected chi connectivity index (χ4v) is 2.95. The molecular weight excluding hydrogens is 573 g/mol. The second kappa shape index (κ2) is 17.0. The minimum Gasteiger partial charge on any atom is -0.609 e. The number of rotatable bonds is 15. The molecule has 1 N–H and O–H groups in total. The molecule has 0 aromatic carbocycles. The number of hydrogen-bond acceptors (Lipinski definition) is 7. The Balaban J connectivity index is 0.00000900.